The molecule has 0 saturated carbocycles. The third kappa shape index (κ3) is 7.53. The van der Waals surface area contributed by atoms with E-state index in [0.29, 0.717) is 6.04 Å². The molecule has 2 aliphatic rings. The summed E-state index contributed by atoms with van der Waals surface area (Å²) >= 11 is 1.87. The van der Waals surface area contributed by atoms with E-state index in [1.807, 2.05) is 11.3 Å². The van der Waals surface area contributed by atoms with Crippen LogP contribution in [0, 0.1) is 6.92 Å². The van der Waals surface area contributed by atoms with Crippen molar-refractivity contribution in [3.8, 4) is 0 Å². The average molecular weight is 425 g/mol. The molecule has 3 rings (SSSR count). The Hall–Kier alpha value is -1.19. The first-order chi connectivity index (χ1) is 14.3. The van der Waals surface area contributed by atoms with Crippen molar-refractivity contribution in [2.75, 3.05) is 65.8 Å². The van der Waals surface area contributed by atoms with E-state index in [0.717, 1.165) is 84.6 Å². The topological polar surface area (TPSA) is 67.4 Å². The van der Waals surface area contributed by atoms with Gasteiger partial charge in [0.25, 0.3) is 0 Å². The summed E-state index contributed by atoms with van der Waals surface area (Å²) < 4.78 is 16.7. The molecule has 7 nitrogen and oxygen atoms in total. The number of hydrogen-bond acceptors (Lipinski definition) is 6. The molecule has 29 heavy (non-hydrogen) atoms. The largest absolute Gasteiger partial charge is 0.379 e. The Kier molecular flexibility index (Phi) is 9.69. The second kappa shape index (κ2) is 12.5. The van der Waals surface area contributed by atoms with E-state index >= 15 is 0 Å². The summed E-state index contributed by atoms with van der Waals surface area (Å²) in [5.74, 6) is 0.878. The van der Waals surface area contributed by atoms with Crippen molar-refractivity contribution in [1.29, 1.82) is 0 Å². The van der Waals surface area contributed by atoms with Crippen LogP contribution in [0.1, 0.15) is 35.6 Å². The van der Waals surface area contributed by atoms with E-state index < -0.39 is 0 Å². The first-order valence-corrected chi connectivity index (χ1v) is 11.7. The van der Waals surface area contributed by atoms with E-state index in [4.69, 9.17) is 19.2 Å². The number of thiophene rings is 1. The van der Waals surface area contributed by atoms with E-state index in [9.17, 15) is 0 Å². The molecule has 2 unspecified atom stereocenters. The number of guanidine groups is 1. The van der Waals surface area contributed by atoms with E-state index in [2.05, 4.69) is 41.5 Å². The van der Waals surface area contributed by atoms with E-state index in [1.54, 1.807) is 0 Å². The minimum atomic E-state index is 0.278. The second-order valence-corrected chi connectivity index (χ2v) is 8.79. The van der Waals surface area contributed by atoms with Crippen LogP contribution >= 0.6 is 11.3 Å². The van der Waals surface area contributed by atoms with Crippen LogP contribution in [0.25, 0.3) is 0 Å². The lowest BCUT2D eigenvalue weighted by Crippen LogP contribution is -2.41. The van der Waals surface area contributed by atoms with E-state index in [1.165, 1.54) is 9.75 Å². The molecule has 164 valence electrons. The molecule has 1 aromatic heterocycles. The number of aryl methyl sites for hydroxylation is 1. The predicted molar refractivity (Wildman–Crippen MR) is 118 cm³/mol. The maximum absolute atomic E-state index is 5.84. The zero-order valence-electron chi connectivity index (χ0n) is 17.8. The Bertz CT molecular complexity index is 613. The van der Waals surface area contributed by atoms with Gasteiger partial charge in [-0.15, -0.1) is 11.3 Å². The lowest BCUT2D eigenvalue weighted by Gasteiger charge is -2.33. The molecular weight excluding hydrogens is 388 g/mol. The fourth-order valence-electron chi connectivity index (χ4n) is 3.60. The van der Waals surface area contributed by atoms with Gasteiger partial charge in [-0.1, -0.05) is 0 Å². The molecule has 8 heteroatoms. The van der Waals surface area contributed by atoms with Crippen molar-refractivity contribution < 1.29 is 14.2 Å². The second-order valence-electron chi connectivity index (χ2n) is 7.47. The molecule has 2 saturated heterocycles. The molecule has 1 aromatic rings. The molecule has 2 aliphatic heterocycles. The summed E-state index contributed by atoms with van der Waals surface area (Å²) in [6, 6.07) is 4.76. The van der Waals surface area contributed by atoms with Crippen LogP contribution in [0.5, 0.6) is 0 Å². The van der Waals surface area contributed by atoms with Gasteiger partial charge in [-0.25, -0.2) is 0 Å². The Balaban J connectivity index is 1.50. The molecule has 3 heterocycles. The van der Waals surface area contributed by atoms with Crippen LogP contribution in [0.15, 0.2) is 17.1 Å². The van der Waals surface area contributed by atoms with Gasteiger partial charge in [0.1, 0.15) is 0 Å². The molecule has 0 bridgehead atoms. The van der Waals surface area contributed by atoms with Gasteiger partial charge in [0.2, 0.25) is 0 Å². The summed E-state index contributed by atoms with van der Waals surface area (Å²) in [6.07, 6.45) is 2.25. The lowest BCUT2D eigenvalue weighted by molar-refractivity contribution is 0.0186. The van der Waals surface area contributed by atoms with Gasteiger partial charge in [0.15, 0.2) is 5.96 Å². The van der Waals surface area contributed by atoms with Gasteiger partial charge in [0.05, 0.1) is 38.5 Å². The van der Waals surface area contributed by atoms with Crippen molar-refractivity contribution in [1.82, 2.24) is 15.5 Å². The SMILES string of the molecule is CCNC(=NCC(c1ccc(C)s1)N1CCOCC1)NCCCOC1CCOC1. The first kappa shape index (κ1) is 22.5. The molecule has 0 aliphatic carbocycles. The van der Waals surface area contributed by atoms with Gasteiger partial charge in [-0.2, -0.15) is 0 Å². The van der Waals surface area contributed by atoms with Gasteiger partial charge in [0, 0.05) is 49.1 Å². The van der Waals surface area contributed by atoms with Crippen LogP contribution in [0.4, 0.5) is 0 Å². The van der Waals surface area contributed by atoms with Crippen molar-refractivity contribution in [3.05, 3.63) is 21.9 Å². The van der Waals surface area contributed by atoms with E-state index in [-0.39, 0.29) is 6.10 Å². The highest BCUT2D eigenvalue weighted by Crippen LogP contribution is 2.28. The fraction of sp³-hybridized carbons (Fsp3) is 0.762. The van der Waals surface area contributed by atoms with Crippen LogP contribution in [0.2, 0.25) is 0 Å². The fourth-order valence-corrected chi connectivity index (χ4v) is 4.60. The first-order valence-electron chi connectivity index (χ1n) is 10.9. The Morgan fingerprint density at radius 3 is 2.83 bits per heavy atom. The normalized spacial score (nSPS) is 22.0. The molecule has 2 atom stereocenters. The number of aliphatic imine (C=N–C) groups is 1. The highest BCUT2D eigenvalue weighted by molar-refractivity contribution is 7.12. The molecule has 2 fully saturated rings. The smallest absolute Gasteiger partial charge is 0.191 e. The standard InChI is InChI=1S/C21H36N4O3S/c1-3-22-21(23-8-4-11-28-18-7-12-27-16-18)24-15-19(20-6-5-17(2)29-20)25-9-13-26-14-10-25/h5-6,18-19H,3-4,7-16H2,1-2H3,(H2,22,23,24). The third-order valence-corrected chi connectivity index (χ3v) is 6.30. The molecule has 0 aromatic carbocycles. The number of nitrogens with zero attached hydrogens (tertiary/aromatic N) is 2. The summed E-state index contributed by atoms with van der Waals surface area (Å²) in [4.78, 5) is 10.1. The van der Waals surface area contributed by atoms with Crippen LogP contribution in [0.3, 0.4) is 0 Å². The van der Waals surface area contributed by atoms with Crippen molar-refractivity contribution >= 4 is 17.3 Å². The van der Waals surface area contributed by atoms with Crippen LogP contribution < -0.4 is 10.6 Å². The minimum absolute atomic E-state index is 0.278. The number of rotatable bonds is 10. The van der Waals surface area contributed by atoms with Gasteiger partial charge in [-0.3, -0.25) is 9.89 Å². The molecule has 0 radical (unpaired) electrons. The summed E-state index contributed by atoms with van der Waals surface area (Å²) in [6.45, 7) is 12.5. The summed E-state index contributed by atoms with van der Waals surface area (Å²) in [5.41, 5.74) is 0. The molecule has 2 N–H and O–H groups in total. The molecule has 0 amide bonds. The van der Waals surface area contributed by atoms with Gasteiger partial charge < -0.3 is 24.8 Å². The average Bonchev–Trinajstić information content (AvgIpc) is 3.40. The monoisotopic (exact) mass is 424 g/mol. The van der Waals surface area contributed by atoms with Gasteiger partial charge in [-0.05, 0) is 38.8 Å². The highest BCUT2D eigenvalue weighted by atomic mass is 32.1. The maximum Gasteiger partial charge on any atom is 0.191 e. The lowest BCUT2D eigenvalue weighted by atomic mass is 10.2. The summed E-state index contributed by atoms with van der Waals surface area (Å²) in [5, 5.41) is 6.82. The summed E-state index contributed by atoms with van der Waals surface area (Å²) in [7, 11) is 0. The maximum atomic E-state index is 5.84. The Morgan fingerprint density at radius 1 is 1.28 bits per heavy atom. The Morgan fingerprint density at radius 2 is 2.14 bits per heavy atom. The predicted octanol–water partition coefficient (Wildman–Crippen LogP) is 2.18. The number of ether oxygens (including phenoxy) is 3. The quantitative estimate of drug-likeness (QED) is 0.341. The Labute approximate surface area is 178 Å². The van der Waals surface area contributed by atoms with Crippen molar-refractivity contribution in [2.45, 2.75) is 38.8 Å². The number of hydrogen-bond donors (Lipinski definition) is 2. The van der Waals surface area contributed by atoms with Crippen LogP contribution in [-0.4, -0.2) is 82.7 Å². The zero-order chi connectivity index (χ0) is 20.3. The van der Waals surface area contributed by atoms with Crippen molar-refractivity contribution in [3.63, 3.8) is 0 Å². The van der Waals surface area contributed by atoms with Crippen molar-refractivity contribution in [2.24, 2.45) is 4.99 Å². The zero-order valence-corrected chi connectivity index (χ0v) is 18.6. The molecular formula is C21H36N4O3S. The minimum Gasteiger partial charge on any atom is -0.379 e. The van der Waals surface area contributed by atoms with Gasteiger partial charge >= 0.3 is 0 Å². The number of nitrogens with one attached hydrogen (secondary N) is 2. The highest BCUT2D eigenvalue weighted by Gasteiger charge is 2.24. The number of morpholine rings is 1. The third-order valence-electron chi connectivity index (χ3n) is 5.20. The van der Waals surface area contributed by atoms with Crippen LogP contribution in [-0.2, 0) is 14.2 Å². The molecule has 0 spiro atoms.